The Balaban J connectivity index is 1.19. The highest BCUT2D eigenvalue weighted by atomic mass is 32.2. The van der Waals surface area contributed by atoms with Crippen molar-refractivity contribution in [1.29, 1.82) is 0 Å². The van der Waals surface area contributed by atoms with Crippen LogP contribution in [0.1, 0.15) is 51.8 Å². The molecule has 4 aromatic rings. The third kappa shape index (κ3) is 7.98. The molecule has 260 valence electrons. The summed E-state index contributed by atoms with van der Waals surface area (Å²) in [5, 5.41) is 6.42. The van der Waals surface area contributed by atoms with Gasteiger partial charge in [-0.25, -0.2) is 22.6 Å². The molecule has 1 aliphatic rings. The summed E-state index contributed by atoms with van der Waals surface area (Å²) in [5.41, 5.74) is -0.112. The van der Waals surface area contributed by atoms with E-state index < -0.39 is 45.7 Å². The lowest BCUT2D eigenvalue weighted by Gasteiger charge is -2.21. The van der Waals surface area contributed by atoms with E-state index in [1.54, 1.807) is 50.0 Å². The van der Waals surface area contributed by atoms with E-state index in [9.17, 15) is 31.2 Å². The van der Waals surface area contributed by atoms with Gasteiger partial charge in [0.2, 0.25) is 0 Å². The van der Waals surface area contributed by atoms with Crippen molar-refractivity contribution in [3.8, 4) is 16.9 Å². The molecule has 2 atom stereocenters. The maximum absolute atomic E-state index is 13.5. The number of ether oxygens (including phenoxy) is 2. The van der Waals surface area contributed by atoms with Gasteiger partial charge in [0, 0.05) is 19.0 Å². The van der Waals surface area contributed by atoms with Crippen molar-refractivity contribution in [2.24, 2.45) is 5.41 Å². The molecule has 1 N–H and O–H groups in total. The molecule has 2 aromatic heterocycles. The number of nitrogens with zero attached hydrogens (tertiary/aromatic N) is 5. The molecule has 0 saturated carbocycles. The number of carbonyl (C=O) groups is 2. The van der Waals surface area contributed by atoms with E-state index in [0.29, 0.717) is 18.5 Å². The molecular weight excluding hydrogens is 661 g/mol. The normalized spacial score (nSPS) is 16.2. The predicted octanol–water partition coefficient (Wildman–Crippen LogP) is 4.64. The Morgan fingerprint density at radius 2 is 1.75 bits per heavy atom. The average molecular weight is 697 g/mol. The number of esters is 1. The Labute approximate surface area is 273 Å². The first-order valence-electron chi connectivity index (χ1n) is 14.9. The molecule has 0 aliphatic carbocycles. The van der Waals surface area contributed by atoms with Crippen LogP contribution in [-0.2, 0) is 30.5 Å². The van der Waals surface area contributed by atoms with Crippen LogP contribution in [0.2, 0.25) is 0 Å². The highest BCUT2D eigenvalue weighted by Gasteiger charge is 2.36. The maximum Gasteiger partial charge on any atom is 0.435 e. The van der Waals surface area contributed by atoms with Gasteiger partial charge in [0.05, 0.1) is 32.7 Å². The van der Waals surface area contributed by atoms with Crippen molar-refractivity contribution in [1.82, 2.24) is 24.5 Å². The topological polar surface area (TPSA) is 152 Å². The summed E-state index contributed by atoms with van der Waals surface area (Å²) in [6, 6.07) is 12.2. The minimum absolute atomic E-state index is 0.154. The van der Waals surface area contributed by atoms with Gasteiger partial charge in [-0.15, -0.1) is 0 Å². The fourth-order valence-electron chi connectivity index (χ4n) is 4.72. The second-order valence-electron chi connectivity index (χ2n) is 12.2. The van der Waals surface area contributed by atoms with Crippen LogP contribution in [0.15, 0.2) is 64.1 Å². The lowest BCUT2D eigenvalue weighted by Crippen LogP contribution is -2.42. The summed E-state index contributed by atoms with van der Waals surface area (Å²) >= 11 is 0. The van der Waals surface area contributed by atoms with Crippen molar-refractivity contribution in [2.75, 3.05) is 18.2 Å². The Hall–Kier alpha value is -4.87. The van der Waals surface area contributed by atoms with Gasteiger partial charge in [0.15, 0.2) is 5.69 Å². The molecule has 18 heteroatoms. The van der Waals surface area contributed by atoms with Gasteiger partial charge in [-0.3, -0.25) is 9.80 Å². The van der Waals surface area contributed by atoms with Crippen LogP contribution >= 0.6 is 0 Å². The third-order valence-electron chi connectivity index (χ3n) is 7.31. The van der Waals surface area contributed by atoms with Crippen molar-refractivity contribution >= 4 is 22.1 Å². The van der Waals surface area contributed by atoms with Gasteiger partial charge >= 0.3 is 18.2 Å². The Morgan fingerprint density at radius 1 is 1.08 bits per heavy atom. The van der Waals surface area contributed by atoms with Gasteiger partial charge in [-0.2, -0.15) is 22.9 Å². The second-order valence-corrected chi connectivity index (χ2v) is 13.9. The van der Waals surface area contributed by atoms with Crippen LogP contribution in [0.3, 0.4) is 0 Å². The molecule has 0 spiro atoms. The van der Waals surface area contributed by atoms with Crippen LogP contribution in [0.5, 0.6) is 0 Å². The molecule has 14 nitrogen and oxygen atoms in total. The number of benzene rings is 2. The number of aryl methyl sites for hydroxylation is 1. The van der Waals surface area contributed by atoms with E-state index in [2.05, 4.69) is 5.10 Å². The largest absolute Gasteiger partial charge is 0.447 e. The van der Waals surface area contributed by atoms with Gasteiger partial charge in [0.25, 0.3) is 16.3 Å². The Morgan fingerprint density at radius 3 is 2.38 bits per heavy atom. The third-order valence-corrected chi connectivity index (χ3v) is 8.64. The standard InChI is InChI=1S/C30H35F3N6O8S/c1-19-8-10-21(11-9-19)25-17-26(30(31,32)33)34-37(25)22-12-14-24(15-13-22)48(42,43)35-28(41)44-18-23-7-6-16-36(23)38-39(47-38)46-20(2)45-27(40)29(3,4)5/h8-15,17,20,23H,6-7,16,18H2,1-5H3,(H,35,41)/t20?,23-,38?,39?/m0/s1. The average Bonchev–Trinajstić information content (AvgIpc) is 3.37. The minimum atomic E-state index is -4.70. The minimum Gasteiger partial charge on any atom is -0.447 e. The van der Waals surface area contributed by atoms with E-state index in [-0.39, 0.29) is 28.9 Å². The fourth-order valence-corrected chi connectivity index (χ4v) is 5.61. The van der Waals surface area contributed by atoms with E-state index in [1.807, 2.05) is 11.6 Å². The Bertz CT molecular complexity index is 1850. The number of aromatic nitrogens is 4. The number of hydrogen-bond donors (Lipinski definition) is 1. The highest BCUT2D eigenvalue weighted by molar-refractivity contribution is 7.90. The molecule has 48 heavy (non-hydrogen) atoms. The number of hydrogen-bond acceptors (Lipinski definition) is 10. The lowest BCUT2D eigenvalue weighted by molar-refractivity contribution is -0.189. The van der Waals surface area contributed by atoms with E-state index in [4.69, 9.17) is 18.9 Å². The lowest BCUT2D eigenvalue weighted by atomic mass is 9.97. The summed E-state index contributed by atoms with van der Waals surface area (Å²) in [6.07, 6.45) is -5.56. The van der Waals surface area contributed by atoms with E-state index in [0.717, 1.165) is 39.9 Å². The molecule has 2 aromatic carbocycles. The molecular formula is C30H35F3N6O8S. The van der Waals surface area contributed by atoms with E-state index >= 15 is 0 Å². The molecule has 1 amide bonds. The molecule has 1 aliphatic heterocycles. The molecule has 0 bridgehead atoms. The van der Waals surface area contributed by atoms with Crippen molar-refractivity contribution in [3.05, 3.63) is 65.9 Å². The zero-order valence-corrected chi connectivity index (χ0v) is 27.5. The summed E-state index contributed by atoms with van der Waals surface area (Å²) in [5.74, 6) is -0.461. The second kappa shape index (κ2) is 13.0. The SMILES string of the molecule is Cc1ccc(-c2cc(C(F)(F)F)nn2-c2ccc(S(=O)(=O)NC(=O)OC[C@@H]3CCCN3n3on3OC(C)OC(=O)C(C)(C)C)cc2)cc1. The maximum atomic E-state index is 13.5. The molecule has 3 heterocycles. The highest BCUT2D eigenvalue weighted by Crippen LogP contribution is 2.33. The molecule has 0 radical (unpaired) electrons. The van der Waals surface area contributed by atoms with Gasteiger partial charge < -0.3 is 14.3 Å². The van der Waals surface area contributed by atoms with Crippen LogP contribution in [0.4, 0.5) is 18.0 Å². The number of rotatable bonds is 10. The van der Waals surface area contributed by atoms with Crippen molar-refractivity contribution in [3.63, 3.8) is 0 Å². The van der Waals surface area contributed by atoms with Crippen molar-refractivity contribution in [2.45, 2.75) is 70.9 Å². The summed E-state index contributed by atoms with van der Waals surface area (Å²) in [6.45, 7) is 8.81. The number of halogens is 3. The molecule has 1 fully saturated rings. The van der Waals surface area contributed by atoms with Gasteiger partial charge in [-0.05, 0) is 70.9 Å². The predicted molar refractivity (Wildman–Crippen MR) is 163 cm³/mol. The summed E-state index contributed by atoms with van der Waals surface area (Å²) in [4.78, 5) is 30.9. The number of amides is 1. The molecule has 5 rings (SSSR count). The van der Waals surface area contributed by atoms with Gasteiger partial charge in [-0.1, -0.05) is 29.8 Å². The van der Waals surface area contributed by atoms with Crippen molar-refractivity contribution < 1.29 is 50.1 Å². The first-order chi connectivity index (χ1) is 22.4. The van der Waals surface area contributed by atoms with Crippen LogP contribution < -0.4 is 14.6 Å². The monoisotopic (exact) mass is 696 g/mol. The number of sulfonamides is 1. The quantitative estimate of drug-likeness (QED) is 0.183. The van der Waals surface area contributed by atoms with Crippen LogP contribution in [-0.4, -0.2) is 65.7 Å². The fraction of sp³-hybridized carbons (Fsp3) is 0.433. The molecule has 1 saturated heterocycles. The number of alkyl halides is 3. The smallest absolute Gasteiger partial charge is 0.435 e. The first kappa shape index (κ1) is 34.5. The van der Waals surface area contributed by atoms with E-state index in [1.165, 1.54) is 24.0 Å². The van der Waals surface area contributed by atoms with Crippen LogP contribution in [0, 0.1) is 12.3 Å². The zero-order valence-electron chi connectivity index (χ0n) is 26.7. The zero-order chi connectivity index (χ0) is 35.0. The van der Waals surface area contributed by atoms with Gasteiger partial charge in [0.1, 0.15) is 11.6 Å². The Kier molecular flexibility index (Phi) is 9.31. The molecule has 1 unspecified atom stereocenters. The number of nitrogens with one attached hydrogen (secondary N) is 1. The summed E-state index contributed by atoms with van der Waals surface area (Å²) < 4.78 is 85.1. The summed E-state index contributed by atoms with van der Waals surface area (Å²) in [7, 11) is -4.40. The van der Waals surface area contributed by atoms with Crippen LogP contribution in [0.25, 0.3) is 16.9 Å². The number of carbonyl (C=O) groups excluding carboxylic acids is 2. The first-order valence-corrected chi connectivity index (χ1v) is 16.4.